The van der Waals surface area contributed by atoms with E-state index in [0.29, 0.717) is 30.3 Å². The molecule has 0 radical (unpaired) electrons. The van der Waals surface area contributed by atoms with Crippen LogP contribution in [0.5, 0.6) is 0 Å². The van der Waals surface area contributed by atoms with Gasteiger partial charge in [0.15, 0.2) is 6.29 Å². The fourth-order valence-corrected chi connectivity index (χ4v) is 3.29. The van der Waals surface area contributed by atoms with Crippen LogP contribution in [0.3, 0.4) is 0 Å². The third-order valence-corrected chi connectivity index (χ3v) is 4.45. The van der Waals surface area contributed by atoms with Crippen molar-refractivity contribution in [2.75, 3.05) is 4.90 Å². The zero-order chi connectivity index (χ0) is 15.1. The average Bonchev–Trinajstić information content (AvgIpc) is 2.72. The highest BCUT2D eigenvalue weighted by Crippen LogP contribution is 2.39. The minimum atomic E-state index is -0.337. The molecular formula is C15H11Cl2NO3. The number of imide groups is 1. The Balaban J connectivity index is 2.08. The van der Waals surface area contributed by atoms with Crippen LogP contribution in [0.25, 0.3) is 0 Å². The van der Waals surface area contributed by atoms with Gasteiger partial charge in [-0.3, -0.25) is 14.4 Å². The van der Waals surface area contributed by atoms with Crippen LogP contribution in [0, 0.1) is 0 Å². The van der Waals surface area contributed by atoms with Crippen LogP contribution < -0.4 is 4.90 Å². The molecular weight excluding hydrogens is 313 g/mol. The van der Waals surface area contributed by atoms with Gasteiger partial charge in [0.2, 0.25) is 0 Å². The highest BCUT2D eigenvalue weighted by molar-refractivity contribution is 6.41. The van der Waals surface area contributed by atoms with Gasteiger partial charge in [-0.25, -0.2) is 4.90 Å². The van der Waals surface area contributed by atoms with Crippen LogP contribution in [0.4, 0.5) is 5.69 Å². The Kier molecular flexibility index (Phi) is 3.59. The molecule has 0 spiro atoms. The first kappa shape index (κ1) is 14.3. The molecule has 0 bridgehead atoms. The van der Waals surface area contributed by atoms with E-state index in [1.165, 1.54) is 12.1 Å². The molecule has 0 N–H and O–H groups in total. The summed E-state index contributed by atoms with van der Waals surface area (Å²) >= 11 is 12.0. The fourth-order valence-electron chi connectivity index (χ4n) is 2.77. The summed E-state index contributed by atoms with van der Waals surface area (Å²) < 4.78 is 0. The molecule has 2 amide bonds. The topological polar surface area (TPSA) is 54.5 Å². The zero-order valence-electron chi connectivity index (χ0n) is 11.0. The highest BCUT2D eigenvalue weighted by atomic mass is 35.5. The van der Waals surface area contributed by atoms with Crippen molar-refractivity contribution >= 4 is 47.0 Å². The number of carbonyl (C=O) groups excluding carboxylic acids is 3. The summed E-state index contributed by atoms with van der Waals surface area (Å²) in [5.74, 6) is -0.674. The molecule has 6 heteroatoms. The SMILES string of the molecule is O=Cc1cc(N2C(=O)C3=C(CCCC3)C2=O)c(Cl)cc1Cl. The van der Waals surface area contributed by atoms with Gasteiger partial charge in [-0.05, 0) is 37.8 Å². The van der Waals surface area contributed by atoms with Crippen molar-refractivity contribution in [2.45, 2.75) is 25.7 Å². The van der Waals surface area contributed by atoms with Gasteiger partial charge in [0.1, 0.15) is 0 Å². The van der Waals surface area contributed by atoms with Crippen LogP contribution in [0.1, 0.15) is 36.0 Å². The van der Waals surface area contributed by atoms with Gasteiger partial charge >= 0.3 is 0 Å². The lowest BCUT2D eigenvalue weighted by Crippen LogP contribution is -2.31. The van der Waals surface area contributed by atoms with E-state index in [2.05, 4.69) is 0 Å². The van der Waals surface area contributed by atoms with Crippen molar-refractivity contribution < 1.29 is 14.4 Å². The number of rotatable bonds is 2. The van der Waals surface area contributed by atoms with E-state index < -0.39 is 0 Å². The molecule has 2 aliphatic rings. The van der Waals surface area contributed by atoms with E-state index in [1.54, 1.807) is 0 Å². The largest absolute Gasteiger partial charge is 0.298 e. The van der Waals surface area contributed by atoms with E-state index in [9.17, 15) is 14.4 Å². The second-order valence-corrected chi connectivity index (χ2v) is 5.87. The van der Waals surface area contributed by atoms with Crippen molar-refractivity contribution in [3.8, 4) is 0 Å². The lowest BCUT2D eigenvalue weighted by Gasteiger charge is -2.17. The van der Waals surface area contributed by atoms with E-state index in [4.69, 9.17) is 23.2 Å². The first-order valence-corrected chi connectivity index (χ1v) is 7.35. The summed E-state index contributed by atoms with van der Waals surface area (Å²) in [5, 5.41) is 0.364. The fraction of sp³-hybridized carbons (Fsp3) is 0.267. The quantitative estimate of drug-likeness (QED) is 0.617. The van der Waals surface area contributed by atoms with Gasteiger partial charge in [0.05, 0.1) is 15.7 Å². The zero-order valence-corrected chi connectivity index (χ0v) is 12.5. The number of carbonyl (C=O) groups is 3. The Labute approximate surface area is 131 Å². The molecule has 0 saturated heterocycles. The molecule has 1 heterocycles. The van der Waals surface area contributed by atoms with E-state index >= 15 is 0 Å². The minimum Gasteiger partial charge on any atom is -0.298 e. The second kappa shape index (κ2) is 5.28. The van der Waals surface area contributed by atoms with Gasteiger partial charge in [-0.2, -0.15) is 0 Å². The van der Waals surface area contributed by atoms with Crippen molar-refractivity contribution in [3.05, 3.63) is 38.9 Å². The lowest BCUT2D eigenvalue weighted by molar-refractivity contribution is -0.120. The Morgan fingerprint density at radius 2 is 1.52 bits per heavy atom. The summed E-state index contributed by atoms with van der Waals surface area (Å²) in [6.07, 6.45) is 3.60. The molecule has 0 fully saturated rings. The van der Waals surface area contributed by atoms with Crippen LogP contribution in [0.2, 0.25) is 10.0 Å². The molecule has 0 atom stereocenters. The molecule has 0 aromatic heterocycles. The first-order chi connectivity index (χ1) is 10.0. The maximum Gasteiger partial charge on any atom is 0.261 e. The second-order valence-electron chi connectivity index (χ2n) is 5.05. The molecule has 0 saturated carbocycles. The van der Waals surface area contributed by atoms with Gasteiger partial charge in [-0.15, -0.1) is 0 Å². The summed E-state index contributed by atoms with van der Waals surface area (Å²) in [6.45, 7) is 0. The average molecular weight is 324 g/mol. The van der Waals surface area contributed by atoms with Crippen molar-refractivity contribution in [1.82, 2.24) is 0 Å². The van der Waals surface area contributed by atoms with Gasteiger partial charge < -0.3 is 0 Å². The standard InChI is InChI=1S/C15H11Cl2NO3/c16-11-6-12(17)13(5-8(11)7-19)18-14(20)9-3-1-2-4-10(9)15(18)21/h5-7H,1-4H2. The molecule has 1 aliphatic heterocycles. The minimum absolute atomic E-state index is 0.173. The van der Waals surface area contributed by atoms with E-state index in [-0.39, 0.29) is 33.1 Å². The molecule has 21 heavy (non-hydrogen) atoms. The van der Waals surface area contributed by atoms with Crippen LogP contribution in [-0.2, 0) is 9.59 Å². The number of anilines is 1. The van der Waals surface area contributed by atoms with Crippen LogP contribution in [-0.4, -0.2) is 18.1 Å². The number of hydrogen-bond acceptors (Lipinski definition) is 3. The predicted octanol–water partition coefficient (Wildman–Crippen LogP) is 3.55. The number of hydrogen-bond donors (Lipinski definition) is 0. The molecule has 1 aliphatic carbocycles. The predicted molar refractivity (Wildman–Crippen MR) is 79.8 cm³/mol. The van der Waals surface area contributed by atoms with E-state index in [1.807, 2.05) is 0 Å². The maximum atomic E-state index is 12.5. The molecule has 3 rings (SSSR count). The molecule has 4 nitrogen and oxygen atoms in total. The van der Waals surface area contributed by atoms with Crippen molar-refractivity contribution in [3.63, 3.8) is 0 Å². The third-order valence-electron chi connectivity index (χ3n) is 3.82. The smallest absolute Gasteiger partial charge is 0.261 e. The Morgan fingerprint density at radius 3 is 2.05 bits per heavy atom. The monoisotopic (exact) mass is 323 g/mol. The van der Waals surface area contributed by atoms with E-state index in [0.717, 1.165) is 17.7 Å². The Hall–Kier alpha value is -1.65. The van der Waals surface area contributed by atoms with Crippen LogP contribution in [0.15, 0.2) is 23.3 Å². The Bertz CT molecular complexity index is 681. The summed E-state index contributed by atoms with van der Waals surface area (Å²) in [4.78, 5) is 37.0. The maximum absolute atomic E-state index is 12.5. The number of halogens is 2. The van der Waals surface area contributed by atoms with Crippen molar-refractivity contribution in [1.29, 1.82) is 0 Å². The molecule has 1 aromatic carbocycles. The van der Waals surface area contributed by atoms with Crippen LogP contribution >= 0.6 is 23.2 Å². The summed E-state index contributed by atoms with van der Waals surface area (Å²) in [7, 11) is 0. The number of aldehydes is 1. The summed E-state index contributed by atoms with van der Waals surface area (Å²) in [5.41, 5.74) is 1.56. The summed E-state index contributed by atoms with van der Waals surface area (Å²) in [6, 6.07) is 2.76. The number of amides is 2. The van der Waals surface area contributed by atoms with Gasteiger partial charge in [0.25, 0.3) is 11.8 Å². The molecule has 1 aromatic rings. The molecule has 0 unspecified atom stereocenters. The third kappa shape index (κ3) is 2.19. The number of nitrogens with zero attached hydrogens (tertiary/aromatic N) is 1. The number of benzene rings is 1. The lowest BCUT2D eigenvalue weighted by atomic mass is 9.93. The Morgan fingerprint density at radius 1 is 0.952 bits per heavy atom. The first-order valence-electron chi connectivity index (χ1n) is 6.59. The van der Waals surface area contributed by atoms with Gasteiger partial charge in [0, 0.05) is 16.7 Å². The highest BCUT2D eigenvalue weighted by Gasteiger charge is 2.40. The van der Waals surface area contributed by atoms with Crippen molar-refractivity contribution in [2.24, 2.45) is 0 Å². The molecule has 108 valence electrons. The van der Waals surface area contributed by atoms with Gasteiger partial charge in [-0.1, -0.05) is 23.2 Å². The normalized spacial score (nSPS) is 18.3.